The molecular weight excluding hydrogens is 278 g/mol. The number of thiazole rings is 1. The number of hydrogen-bond donors (Lipinski definition) is 1. The van der Waals surface area contributed by atoms with Gasteiger partial charge in [-0.15, -0.1) is 11.3 Å². The predicted molar refractivity (Wildman–Crippen MR) is 90.8 cm³/mol. The molecule has 1 saturated heterocycles. The van der Waals surface area contributed by atoms with Crippen molar-refractivity contribution in [3.05, 3.63) is 29.3 Å². The van der Waals surface area contributed by atoms with E-state index in [4.69, 9.17) is 4.98 Å². The molecule has 1 N–H and O–H groups in total. The van der Waals surface area contributed by atoms with Gasteiger partial charge in [0, 0.05) is 24.7 Å². The van der Waals surface area contributed by atoms with Crippen molar-refractivity contribution in [1.82, 2.24) is 15.2 Å². The Hall–Kier alpha value is -0.970. The second kappa shape index (κ2) is 6.03. The topological polar surface area (TPSA) is 28.2 Å². The van der Waals surface area contributed by atoms with E-state index in [9.17, 15) is 0 Å². The van der Waals surface area contributed by atoms with Crippen LogP contribution in [0.15, 0.2) is 24.3 Å². The first-order chi connectivity index (χ1) is 10.1. The van der Waals surface area contributed by atoms with E-state index in [1.54, 1.807) is 0 Å². The molecule has 1 atom stereocenters. The second-order valence-electron chi connectivity index (χ2n) is 6.63. The molecule has 2 aromatic rings. The van der Waals surface area contributed by atoms with E-state index < -0.39 is 0 Å². The lowest BCUT2D eigenvalue weighted by Crippen LogP contribution is -2.61. The van der Waals surface area contributed by atoms with Crippen molar-refractivity contribution in [2.45, 2.75) is 51.7 Å². The van der Waals surface area contributed by atoms with Gasteiger partial charge < -0.3 is 5.32 Å². The van der Waals surface area contributed by atoms with Crippen molar-refractivity contribution in [3.63, 3.8) is 0 Å². The number of benzene rings is 1. The Kier molecular flexibility index (Phi) is 4.29. The van der Waals surface area contributed by atoms with Gasteiger partial charge in [0.2, 0.25) is 0 Å². The molecule has 2 heterocycles. The number of aromatic nitrogens is 1. The normalized spacial score (nSPS) is 22.7. The number of rotatable bonds is 4. The van der Waals surface area contributed by atoms with Gasteiger partial charge in [0.25, 0.3) is 0 Å². The van der Waals surface area contributed by atoms with E-state index in [-0.39, 0.29) is 5.54 Å². The molecule has 4 heteroatoms. The molecule has 1 aromatic heterocycles. The summed E-state index contributed by atoms with van der Waals surface area (Å²) in [5.74, 6) is 0. The van der Waals surface area contributed by atoms with Crippen LogP contribution in [-0.2, 0) is 6.54 Å². The molecule has 3 nitrogen and oxygen atoms in total. The lowest BCUT2D eigenvalue weighted by atomic mass is 9.96. The van der Waals surface area contributed by atoms with Gasteiger partial charge in [-0.25, -0.2) is 4.98 Å². The molecule has 0 aliphatic carbocycles. The van der Waals surface area contributed by atoms with Gasteiger partial charge in [0.15, 0.2) is 0 Å². The Balaban J connectivity index is 1.77. The number of nitrogens with one attached hydrogen (secondary N) is 1. The summed E-state index contributed by atoms with van der Waals surface area (Å²) >= 11 is 1.83. The Morgan fingerprint density at radius 2 is 2.19 bits per heavy atom. The third-order valence-electron chi connectivity index (χ3n) is 4.42. The first-order valence-corrected chi connectivity index (χ1v) is 8.73. The molecule has 1 unspecified atom stereocenters. The fourth-order valence-electron chi connectivity index (χ4n) is 3.05. The van der Waals surface area contributed by atoms with E-state index in [0.29, 0.717) is 6.04 Å². The average molecular weight is 303 g/mol. The summed E-state index contributed by atoms with van der Waals surface area (Å²) in [6.07, 6.45) is 2.50. The molecule has 0 amide bonds. The van der Waals surface area contributed by atoms with Crippen LogP contribution in [0.5, 0.6) is 0 Å². The molecule has 1 aliphatic rings. The van der Waals surface area contributed by atoms with Gasteiger partial charge in [-0.2, -0.15) is 0 Å². The van der Waals surface area contributed by atoms with Gasteiger partial charge in [0.05, 0.1) is 16.8 Å². The molecule has 1 aliphatic heterocycles. The molecule has 21 heavy (non-hydrogen) atoms. The predicted octanol–water partition coefficient (Wildman–Crippen LogP) is 3.65. The highest BCUT2D eigenvalue weighted by Crippen LogP contribution is 2.27. The zero-order valence-corrected chi connectivity index (χ0v) is 14.0. The summed E-state index contributed by atoms with van der Waals surface area (Å²) in [5, 5.41) is 4.93. The average Bonchev–Trinajstić information content (AvgIpc) is 2.85. The van der Waals surface area contributed by atoms with E-state index in [2.05, 4.69) is 55.3 Å². The summed E-state index contributed by atoms with van der Waals surface area (Å²) in [5.41, 5.74) is 1.33. The highest BCUT2D eigenvalue weighted by Gasteiger charge is 2.33. The third kappa shape index (κ3) is 3.28. The quantitative estimate of drug-likeness (QED) is 0.934. The maximum absolute atomic E-state index is 4.80. The highest BCUT2D eigenvalue weighted by molar-refractivity contribution is 7.18. The zero-order valence-electron chi connectivity index (χ0n) is 13.2. The van der Waals surface area contributed by atoms with Crippen LogP contribution in [0, 0.1) is 0 Å². The van der Waals surface area contributed by atoms with Crippen LogP contribution in [0.2, 0.25) is 0 Å². The number of fused-ring (bicyclic) bond motifs is 1. The van der Waals surface area contributed by atoms with E-state index in [1.165, 1.54) is 22.5 Å². The summed E-state index contributed by atoms with van der Waals surface area (Å²) in [4.78, 5) is 7.40. The van der Waals surface area contributed by atoms with Gasteiger partial charge >= 0.3 is 0 Å². The van der Waals surface area contributed by atoms with Crippen molar-refractivity contribution < 1.29 is 0 Å². The van der Waals surface area contributed by atoms with E-state index in [1.807, 2.05) is 11.3 Å². The van der Waals surface area contributed by atoms with Crippen LogP contribution >= 0.6 is 11.3 Å². The SMILES string of the molecule is CCCC1CN(Cc2nc3ccccc3s2)C(C)(C)CN1. The molecule has 114 valence electrons. The highest BCUT2D eigenvalue weighted by atomic mass is 32.1. The van der Waals surface area contributed by atoms with Gasteiger partial charge in [-0.05, 0) is 32.4 Å². The molecule has 0 bridgehead atoms. The molecule has 1 fully saturated rings. The molecule has 0 saturated carbocycles. The number of piperazine rings is 1. The minimum atomic E-state index is 0.197. The van der Waals surface area contributed by atoms with Crippen molar-refractivity contribution in [2.24, 2.45) is 0 Å². The fraction of sp³-hybridized carbons (Fsp3) is 0.588. The lowest BCUT2D eigenvalue weighted by Gasteiger charge is -2.46. The van der Waals surface area contributed by atoms with Crippen LogP contribution in [0.4, 0.5) is 0 Å². The number of hydrogen-bond acceptors (Lipinski definition) is 4. The third-order valence-corrected chi connectivity index (χ3v) is 5.44. The summed E-state index contributed by atoms with van der Waals surface area (Å²) in [6, 6.07) is 9.06. The maximum atomic E-state index is 4.80. The molecule has 1 aromatic carbocycles. The minimum Gasteiger partial charge on any atom is -0.311 e. The smallest absolute Gasteiger partial charge is 0.108 e. The summed E-state index contributed by atoms with van der Waals surface area (Å²) < 4.78 is 1.30. The number of nitrogens with zero attached hydrogens (tertiary/aromatic N) is 2. The zero-order chi connectivity index (χ0) is 14.9. The van der Waals surface area contributed by atoms with Crippen molar-refractivity contribution in [1.29, 1.82) is 0 Å². The number of para-hydroxylation sites is 1. The van der Waals surface area contributed by atoms with Crippen molar-refractivity contribution in [2.75, 3.05) is 13.1 Å². The molecule has 0 spiro atoms. The van der Waals surface area contributed by atoms with Crippen molar-refractivity contribution in [3.8, 4) is 0 Å². The van der Waals surface area contributed by atoms with Gasteiger partial charge in [0.1, 0.15) is 5.01 Å². The summed E-state index contributed by atoms with van der Waals surface area (Å²) in [7, 11) is 0. The molecule has 0 radical (unpaired) electrons. The Morgan fingerprint density at radius 3 is 2.95 bits per heavy atom. The van der Waals surface area contributed by atoms with Gasteiger partial charge in [-0.3, -0.25) is 4.90 Å². The lowest BCUT2D eigenvalue weighted by molar-refractivity contribution is 0.0563. The second-order valence-corrected chi connectivity index (χ2v) is 7.75. The van der Waals surface area contributed by atoms with Crippen LogP contribution < -0.4 is 5.32 Å². The first-order valence-electron chi connectivity index (χ1n) is 7.91. The fourth-order valence-corrected chi connectivity index (χ4v) is 4.04. The maximum Gasteiger partial charge on any atom is 0.108 e. The van der Waals surface area contributed by atoms with E-state index in [0.717, 1.165) is 25.2 Å². The monoisotopic (exact) mass is 303 g/mol. The Morgan fingerprint density at radius 1 is 1.38 bits per heavy atom. The summed E-state index contributed by atoms with van der Waals surface area (Å²) in [6.45, 7) is 10.1. The Labute approximate surface area is 131 Å². The minimum absolute atomic E-state index is 0.197. The van der Waals surface area contributed by atoms with Crippen LogP contribution in [-0.4, -0.2) is 34.6 Å². The Bertz CT molecular complexity index is 572. The van der Waals surface area contributed by atoms with Crippen molar-refractivity contribution >= 4 is 21.6 Å². The molecule has 3 rings (SSSR count). The molecular formula is C17H25N3S. The van der Waals surface area contributed by atoms with Crippen LogP contribution in [0.1, 0.15) is 38.6 Å². The standard InChI is InChI=1S/C17H25N3S/c1-4-7-13-10-20(17(2,3)12-18-13)11-16-19-14-8-5-6-9-15(14)21-16/h5-6,8-9,13,18H,4,7,10-12H2,1-3H3. The van der Waals surface area contributed by atoms with Gasteiger partial charge in [-0.1, -0.05) is 25.5 Å². The van der Waals surface area contributed by atoms with Crippen LogP contribution in [0.3, 0.4) is 0 Å². The largest absolute Gasteiger partial charge is 0.311 e. The first kappa shape index (κ1) is 14.9. The van der Waals surface area contributed by atoms with E-state index >= 15 is 0 Å². The van der Waals surface area contributed by atoms with Crippen LogP contribution in [0.25, 0.3) is 10.2 Å².